The fraction of sp³-hybridized carbons (Fsp3) is 0.706. The van der Waals surface area contributed by atoms with Gasteiger partial charge in [0.25, 0.3) is 0 Å². The van der Waals surface area contributed by atoms with E-state index < -0.39 is 5.54 Å². The predicted molar refractivity (Wildman–Crippen MR) is 86.7 cm³/mol. The Kier molecular flexibility index (Phi) is 4.67. The highest BCUT2D eigenvalue weighted by Crippen LogP contribution is 2.29. The molecule has 0 bridgehead atoms. The molecule has 2 aliphatic rings. The first-order chi connectivity index (χ1) is 11.1. The standard InChI is InChI=1S/C17H25N5O/c1-13-9-15(21-20-13)14-5-4-8-22(10-14)11-16(23)19-17(12-18)6-2-3-7-17/h9,14H,2-8,10-11H2,1H3,(H,19,23)(H,20,21)/t14-/m0/s1. The summed E-state index contributed by atoms with van der Waals surface area (Å²) in [5.74, 6) is 0.366. The van der Waals surface area contributed by atoms with Crippen LogP contribution in [0.5, 0.6) is 0 Å². The molecule has 1 aromatic rings. The first kappa shape index (κ1) is 16.0. The molecule has 1 amide bonds. The molecule has 0 spiro atoms. The summed E-state index contributed by atoms with van der Waals surface area (Å²) in [5, 5.41) is 19.7. The minimum Gasteiger partial charge on any atom is -0.337 e. The number of nitrogens with zero attached hydrogens (tertiary/aromatic N) is 3. The van der Waals surface area contributed by atoms with Crippen molar-refractivity contribution in [3.8, 4) is 6.07 Å². The van der Waals surface area contributed by atoms with Crippen molar-refractivity contribution in [3.05, 3.63) is 17.5 Å². The Morgan fingerprint density at radius 1 is 1.52 bits per heavy atom. The summed E-state index contributed by atoms with van der Waals surface area (Å²) < 4.78 is 0. The number of piperidine rings is 1. The topological polar surface area (TPSA) is 84.8 Å². The predicted octanol–water partition coefficient (Wildman–Crippen LogP) is 1.85. The van der Waals surface area contributed by atoms with Gasteiger partial charge < -0.3 is 5.32 Å². The van der Waals surface area contributed by atoms with Crippen molar-refractivity contribution in [2.24, 2.45) is 0 Å². The summed E-state index contributed by atoms with van der Waals surface area (Å²) in [6.45, 7) is 4.18. The van der Waals surface area contributed by atoms with Crippen LogP contribution >= 0.6 is 0 Å². The van der Waals surface area contributed by atoms with Crippen molar-refractivity contribution in [1.82, 2.24) is 20.4 Å². The number of hydrogen-bond acceptors (Lipinski definition) is 4. The van der Waals surface area contributed by atoms with Crippen molar-refractivity contribution >= 4 is 5.91 Å². The normalized spacial score (nSPS) is 24.3. The highest BCUT2D eigenvalue weighted by molar-refractivity contribution is 5.79. The average Bonchev–Trinajstić information content (AvgIpc) is 3.17. The molecule has 0 unspecified atom stereocenters. The molecule has 6 heteroatoms. The molecule has 1 aromatic heterocycles. The molecular weight excluding hydrogens is 290 g/mol. The lowest BCUT2D eigenvalue weighted by molar-refractivity contribution is -0.123. The van der Waals surface area contributed by atoms with E-state index in [9.17, 15) is 10.1 Å². The molecule has 0 aromatic carbocycles. The van der Waals surface area contributed by atoms with E-state index in [1.54, 1.807) is 0 Å². The second kappa shape index (κ2) is 6.71. The number of nitrogens with one attached hydrogen (secondary N) is 2. The highest BCUT2D eigenvalue weighted by Gasteiger charge is 2.36. The Morgan fingerprint density at radius 3 is 2.96 bits per heavy atom. The molecule has 2 fully saturated rings. The number of amides is 1. The van der Waals surface area contributed by atoms with Crippen LogP contribution < -0.4 is 5.32 Å². The summed E-state index contributed by atoms with van der Waals surface area (Å²) in [6.07, 6.45) is 5.81. The number of rotatable bonds is 4. The molecule has 6 nitrogen and oxygen atoms in total. The minimum absolute atomic E-state index is 0.0210. The minimum atomic E-state index is -0.619. The average molecular weight is 315 g/mol. The Labute approximate surface area is 137 Å². The zero-order valence-electron chi connectivity index (χ0n) is 13.8. The molecule has 1 atom stereocenters. The summed E-state index contributed by atoms with van der Waals surface area (Å²) in [4.78, 5) is 14.5. The second-order valence-corrected chi connectivity index (χ2v) is 7.00. The number of H-pyrrole nitrogens is 1. The second-order valence-electron chi connectivity index (χ2n) is 7.00. The number of aryl methyl sites for hydroxylation is 1. The van der Waals surface area contributed by atoms with Crippen LogP contribution in [0.4, 0.5) is 0 Å². The van der Waals surface area contributed by atoms with Crippen LogP contribution in [0.15, 0.2) is 6.07 Å². The smallest absolute Gasteiger partial charge is 0.235 e. The Balaban J connectivity index is 1.55. The molecule has 23 heavy (non-hydrogen) atoms. The maximum atomic E-state index is 12.4. The number of nitriles is 1. The van der Waals surface area contributed by atoms with Crippen molar-refractivity contribution in [2.45, 2.75) is 56.9 Å². The van der Waals surface area contributed by atoms with Gasteiger partial charge >= 0.3 is 0 Å². The van der Waals surface area contributed by atoms with Gasteiger partial charge in [0.05, 0.1) is 18.3 Å². The van der Waals surface area contributed by atoms with Crippen molar-refractivity contribution < 1.29 is 4.79 Å². The molecule has 1 aliphatic heterocycles. The van der Waals surface area contributed by atoms with E-state index in [2.05, 4.69) is 32.5 Å². The maximum Gasteiger partial charge on any atom is 0.235 e. The van der Waals surface area contributed by atoms with Gasteiger partial charge in [0.15, 0.2) is 0 Å². The SMILES string of the molecule is Cc1cc([C@H]2CCCN(CC(=O)NC3(C#N)CCCC3)C2)n[nH]1. The van der Waals surface area contributed by atoms with Gasteiger partial charge in [-0.1, -0.05) is 0 Å². The van der Waals surface area contributed by atoms with Gasteiger partial charge in [-0.3, -0.25) is 14.8 Å². The van der Waals surface area contributed by atoms with Crippen LogP contribution in [0.3, 0.4) is 0 Å². The lowest BCUT2D eigenvalue weighted by atomic mass is 9.94. The summed E-state index contributed by atoms with van der Waals surface area (Å²) in [7, 11) is 0. The van der Waals surface area contributed by atoms with E-state index in [0.29, 0.717) is 12.5 Å². The third-order valence-corrected chi connectivity index (χ3v) is 5.07. The third kappa shape index (κ3) is 3.73. The molecule has 1 saturated carbocycles. The van der Waals surface area contributed by atoms with Crippen molar-refractivity contribution in [3.63, 3.8) is 0 Å². The lowest BCUT2D eigenvalue weighted by Gasteiger charge is -2.32. The van der Waals surface area contributed by atoms with Gasteiger partial charge in [0.2, 0.25) is 5.91 Å². The number of carbonyl (C=O) groups excluding carboxylic acids is 1. The lowest BCUT2D eigenvalue weighted by Crippen LogP contribution is -2.50. The van der Waals surface area contributed by atoms with E-state index in [-0.39, 0.29) is 5.91 Å². The zero-order chi connectivity index (χ0) is 16.3. The molecule has 3 rings (SSSR count). The molecule has 124 valence electrons. The Hall–Kier alpha value is -1.87. The number of hydrogen-bond donors (Lipinski definition) is 2. The molecule has 2 heterocycles. The summed E-state index contributed by atoms with van der Waals surface area (Å²) >= 11 is 0. The quantitative estimate of drug-likeness (QED) is 0.888. The third-order valence-electron chi connectivity index (χ3n) is 5.07. The van der Waals surface area contributed by atoms with E-state index in [0.717, 1.165) is 63.0 Å². The van der Waals surface area contributed by atoms with E-state index in [1.807, 2.05) is 6.92 Å². The molecule has 0 radical (unpaired) electrons. The van der Waals surface area contributed by atoms with Crippen molar-refractivity contribution in [2.75, 3.05) is 19.6 Å². The number of aromatic amines is 1. The van der Waals surface area contributed by atoms with Crippen LogP contribution in [-0.2, 0) is 4.79 Å². The summed E-state index contributed by atoms with van der Waals surface area (Å²) in [5.41, 5.74) is 1.55. The van der Waals surface area contributed by atoms with Gasteiger partial charge in [-0.05, 0) is 58.1 Å². The maximum absolute atomic E-state index is 12.4. The fourth-order valence-corrected chi connectivity index (χ4v) is 3.84. The molecule has 2 N–H and O–H groups in total. The first-order valence-electron chi connectivity index (χ1n) is 8.57. The number of likely N-dealkylation sites (tertiary alicyclic amines) is 1. The fourth-order valence-electron chi connectivity index (χ4n) is 3.84. The zero-order valence-corrected chi connectivity index (χ0v) is 13.8. The van der Waals surface area contributed by atoms with Crippen LogP contribution in [0, 0.1) is 18.3 Å². The number of aromatic nitrogens is 2. The van der Waals surface area contributed by atoms with Gasteiger partial charge in [0.1, 0.15) is 5.54 Å². The Morgan fingerprint density at radius 2 is 2.30 bits per heavy atom. The monoisotopic (exact) mass is 315 g/mol. The van der Waals surface area contributed by atoms with Gasteiger partial charge in [-0.25, -0.2) is 0 Å². The van der Waals surface area contributed by atoms with Gasteiger partial charge in [-0.2, -0.15) is 10.4 Å². The number of carbonyl (C=O) groups is 1. The largest absolute Gasteiger partial charge is 0.337 e. The van der Waals surface area contributed by atoms with E-state index >= 15 is 0 Å². The Bertz CT molecular complexity index is 596. The van der Waals surface area contributed by atoms with Crippen LogP contribution in [0.1, 0.15) is 55.8 Å². The van der Waals surface area contributed by atoms with Crippen LogP contribution in [-0.4, -0.2) is 46.2 Å². The van der Waals surface area contributed by atoms with Gasteiger partial charge in [-0.15, -0.1) is 0 Å². The first-order valence-corrected chi connectivity index (χ1v) is 8.57. The van der Waals surface area contributed by atoms with Crippen LogP contribution in [0.25, 0.3) is 0 Å². The molecule has 1 saturated heterocycles. The van der Waals surface area contributed by atoms with Crippen LogP contribution in [0.2, 0.25) is 0 Å². The molecular formula is C17H25N5O. The van der Waals surface area contributed by atoms with Crippen molar-refractivity contribution in [1.29, 1.82) is 5.26 Å². The van der Waals surface area contributed by atoms with E-state index in [4.69, 9.17) is 0 Å². The highest BCUT2D eigenvalue weighted by atomic mass is 16.2. The molecule has 1 aliphatic carbocycles. The van der Waals surface area contributed by atoms with Gasteiger partial charge in [0, 0.05) is 18.2 Å². The summed E-state index contributed by atoms with van der Waals surface area (Å²) in [6, 6.07) is 4.41. The van der Waals surface area contributed by atoms with E-state index in [1.165, 1.54) is 0 Å².